The van der Waals surface area contributed by atoms with Gasteiger partial charge in [-0.05, 0) is 35.0 Å². The highest BCUT2D eigenvalue weighted by Crippen LogP contribution is 2.27. The third-order valence-electron chi connectivity index (χ3n) is 2.40. The fourth-order valence-electron chi connectivity index (χ4n) is 1.38. The number of benzene rings is 1. The molecule has 0 unspecified atom stereocenters. The average Bonchev–Trinajstić information content (AvgIpc) is 2.33. The molecular formula is C11H14BrFN2O4S. The average molecular weight is 369 g/mol. The molecule has 0 aliphatic heterocycles. The van der Waals surface area contributed by atoms with Crippen molar-refractivity contribution in [3.8, 4) is 0 Å². The Morgan fingerprint density at radius 1 is 1.50 bits per heavy atom. The zero-order valence-corrected chi connectivity index (χ0v) is 13.3. The molecule has 0 saturated heterocycles. The van der Waals surface area contributed by atoms with E-state index in [2.05, 4.69) is 20.7 Å². The monoisotopic (exact) mass is 368 g/mol. The number of ether oxygens (including phenoxy) is 1. The zero-order chi connectivity index (χ0) is 15.5. The highest BCUT2D eigenvalue weighted by atomic mass is 79.9. The number of hydrogen-bond donors (Lipinski definition) is 1. The lowest BCUT2D eigenvalue weighted by Gasteiger charge is -2.17. The van der Waals surface area contributed by atoms with Crippen molar-refractivity contribution in [2.45, 2.75) is 11.8 Å². The van der Waals surface area contributed by atoms with Gasteiger partial charge < -0.3 is 10.5 Å². The number of anilines is 1. The van der Waals surface area contributed by atoms with E-state index in [0.717, 1.165) is 19.2 Å². The Bertz CT molecular complexity index is 621. The molecule has 112 valence electrons. The topological polar surface area (TPSA) is 89.7 Å². The van der Waals surface area contributed by atoms with E-state index >= 15 is 0 Å². The Morgan fingerprint density at radius 2 is 2.10 bits per heavy atom. The highest BCUT2D eigenvalue weighted by Gasteiger charge is 2.27. The van der Waals surface area contributed by atoms with Crippen LogP contribution in [0.5, 0.6) is 0 Å². The van der Waals surface area contributed by atoms with E-state index in [1.54, 1.807) is 6.92 Å². The molecule has 1 aromatic rings. The normalized spacial score (nSPS) is 11.7. The van der Waals surface area contributed by atoms with E-state index in [1.807, 2.05) is 0 Å². The smallest absolute Gasteiger partial charge is 0.321 e. The Balaban J connectivity index is 3.11. The molecule has 0 aliphatic rings. The second-order valence-corrected chi connectivity index (χ2v) is 6.74. The van der Waals surface area contributed by atoms with E-state index in [9.17, 15) is 17.6 Å². The van der Waals surface area contributed by atoms with Gasteiger partial charge in [0.15, 0.2) is 0 Å². The Kier molecular flexibility index (Phi) is 5.49. The minimum absolute atomic E-state index is 0.0782. The quantitative estimate of drug-likeness (QED) is 0.625. The van der Waals surface area contributed by atoms with Crippen LogP contribution in [0.15, 0.2) is 21.5 Å². The van der Waals surface area contributed by atoms with Crippen LogP contribution in [-0.2, 0) is 19.6 Å². The number of carbonyl (C=O) groups excluding carboxylic acids is 1. The number of nitrogens with zero attached hydrogens (tertiary/aromatic N) is 1. The minimum Gasteiger partial charge on any atom is -0.465 e. The van der Waals surface area contributed by atoms with Crippen LogP contribution < -0.4 is 5.73 Å². The number of rotatable bonds is 5. The van der Waals surface area contributed by atoms with Gasteiger partial charge in [-0.1, -0.05) is 0 Å². The zero-order valence-electron chi connectivity index (χ0n) is 10.9. The largest absolute Gasteiger partial charge is 0.465 e. The molecule has 0 saturated carbocycles. The molecule has 1 aromatic carbocycles. The maximum absolute atomic E-state index is 13.8. The molecule has 1 rings (SSSR count). The van der Waals surface area contributed by atoms with Gasteiger partial charge in [0, 0.05) is 17.2 Å². The number of carbonyl (C=O) groups is 1. The third-order valence-corrected chi connectivity index (χ3v) is 4.90. The van der Waals surface area contributed by atoms with Crippen LogP contribution in [0.3, 0.4) is 0 Å². The molecule has 9 heteroatoms. The molecule has 0 fully saturated rings. The maximum Gasteiger partial charge on any atom is 0.321 e. The molecule has 20 heavy (non-hydrogen) atoms. The third kappa shape index (κ3) is 3.68. The number of halogens is 2. The van der Waals surface area contributed by atoms with Gasteiger partial charge in [0.25, 0.3) is 0 Å². The van der Waals surface area contributed by atoms with Gasteiger partial charge in [-0.2, -0.15) is 4.31 Å². The molecule has 0 spiro atoms. The summed E-state index contributed by atoms with van der Waals surface area (Å²) in [5.41, 5.74) is 5.63. The molecule has 0 heterocycles. The Morgan fingerprint density at radius 3 is 2.65 bits per heavy atom. The summed E-state index contributed by atoms with van der Waals surface area (Å²) in [6.45, 7) is 1.22. The van der Waals surface area contributed by atoms with Gasteiger partial charge >= 0.3 is 5.97 Å². The van der Waals surface area contributed by atoms with E-state index in [4.69, 9.17) is 5.73 Å². The van der Waals surface area contributed by atoms with Crippen molar-refractivity contribution in [1.82, 2.24) is 4.31 Å². The van der Waals surface area contributed by atoms with Gasteiger partial charge in [0.1, 0.15) is 17.3 Å². The number of esters is 1. The van der Waals surface area contributed by atoms with Crippen LogP contribution >= 0.6 is 15.9 Å². The number of sulfonamides is 1. The summed E-state index contributed by atoms with van der Waals surface area (Å²) in [6, 6.07) is 1.96. The van der Waals surface area contributed by atoms with Crippen molar-refractivity contribution in [3.05, 3.63) is 22.4 Å². The summed E-state index contributed by atoms with van der Waals surface area (Å²) in [6.07, 6.45) is 0. The molecular weight excluding hydrogens is 355 g/mol. The predicted octanol–water partition coefficient (Wildman–Crippen LogP) is 1.35. The first kappa shape index (κ1) is 16.9. The molecule has 2 N–H and O–H groups in total. The standard InChI is InChI=1S/C11H14BrFN2O4S/c1-3-19-11(16)6-15(2)20(17,18)10-5-9(14)7(12)4-8(10)13/h4-5H,3,6,14H2,1-2H3. The van der Waals surface area contributed by atoms with Crippen LogP contribution in [0, 0.1) is 5.82 Å². The lowest BCUT2D eigenvalue weighted by atomic mass is 10.3. The van der Waals surface area contributed by atoms with Crippen molar-refractivity contribution in [1.29, 1.82) is 0 Å². The summed E-state index contributed by atoms with van der Waals surface area (Å²) >= 11 is 3.00. The van der Waals surface area contributed by atoms with Crippen molar-refractivity contribution in [3.63, 3.8) is 0 Å². The number of nitrogens with two attached hydrogens (primary N) is 1. The molecule has 0 bridgehead atoms. The predicted molar refractivity (Wildman–Crippen MR) is 75.0 cm³/mol. The van der Waals surface area contributed by atoms with Crippen LogP contribution in [0.2, 0.25) is 0 Å². The lowest BCUT2D eigenvalue weighted by Crippen LogP contribution is -2.33. The van der Waals surface area contributed by atoms with Crippen LogP contribution in [0.25, 0.3) is 0 Å². The Labute approximate surface area is 124 Å². The summed E-state index contributed by atoms with van der Waals surface area (Å²) in [5.74, 6) is -1.68. The number of likely N-dealkylation sites (N-methyl/N-ethyl adjacent to an activating group) is 1. The fourth-order valence-corrected chi connectivity index (χ4v) is 2.89. The first-order valence-corrected chi connectivity index (χ1v) is 7.80. The molecule has 6 nitrogen and oxygen atoms in total. The SMILES string of the molecule is CCOC(=O)CN(C)S(=O)(=O)c1cc(N)c(Br)cc1F. The van der Waals surface area contributed by atoms with Crippen molar-refractivity contribution < 1.29 is 22.3 Å². The summed E-state index contributed by atoms with van der Waals surface area (Å²) in [4.78, 5) is 10.7. The number of hydrogen-bond acceptors (Lipinski definition) is 5. The van der Waals surface area contributed by atoms with Crippen molar-refractivity contribution in [2.75, 3.05) is 25.9 Å². The molecule has 0 aliphatic carbocycles. The molecule has 0 amide bonds. The second-order valence-electron chi connectivity index (χ2n) is 3.87. The van der Waals surface area contributed by atoms with Gasteiger partial charge in [-0.15, -0.1) is 0 Å². The molecule has 0 radical (unpaired) electrons. The van der Waals surface area contributed by atoms with Crippen molar-refractivity contribution >= 4 is 37.6 Å². The lowest BCUT2D eigenvalue weighted by molar-refractivity contribution is -0.143. The van der Waals surface area contributed by atoms with Crippen molar-refractivity contribution in [2.24, 2.45) is 0 Å². The first-order chi connectivity index (χ1) is 9.20. The second kappa shape index (κ2) is 6.51. The van der Waals surface area contributed by atoms with Crippen LogP contribution in [-0.4, -0.2) is 38.9 Å². The highest BCUT2D eigenvalue weighted by molar-refractivity contribution is 9.10. The van der Waals surface area contributed by atoms with Crippen LogP contribution in [0.4, 0.5) is 10.1 Å². The van der Waals surface area contributed by atoms with E-state index < -0.39 is 33.3 Å². The van der Waals surface area contributed by atoms with Gasteiger partial charge in [-0.25, -0.2) is 12.8 Å². The maximum atomic E-state index is 13.8. The summed E-state index contributed by atoms with van der Waals surface area (Å²) in [7, 11) is -3.01. The van der Waals surface area contributed by atoms with Crippen LogP contribution in [0.1, 0.15) is 6.92 Å². The van der Waals surface area contributed by atoms with E-state index in [-0.39, 0.29) is 16.8 Å². The Hall–Kier alpha value is -1.19. The summed E-state index contributed by atoms with van der Waals surface area (Å²) < 4.78 is 43.7. The fraction of sp³-hybridized carbons (Fsp3) is 0.364. The van der Waals surface area contributed by atoms with Gasteiger partial charge in [-0.3, -0.25) is 4.79 Å². The van der Waals surface area contributed by atoms with E-state index in [1.165, 1.54) is 0 Å². The van der Waals surface area contributed by atoms with E-state index in [0.29, 0.717) is 4.31 Å². The minimum atomic E-state index is -4.17. The first-order valence-electron chi connectivity index (χ1n) is 5.56. The van der Waals surface area contributed by atoms with Gasteiger partial charge in [0.2, 0.25) is 10.0 Å². The molecule has 0 atom stereocenters. The summed E-state index contributed by atoms with van der Waals surface area (Å²) in [5, 5.41) is 0. The van der Waals surface area contributed by atoms with Gasteiger partial charge in [0.05, 0.1) is 6.61 Å². The number of nitrogen functional groups attached to an aromatic ring is 1. The molecule has 0 aromatic heterocycles.